The summed E-state index contributed by atoms with van der Waals surface area (Å²) in [5, 5.41) is 2.87. The third-order valence-corrected chi connectivity index (χ3v) is 6.25. The van der Waals surface area contributed by atoms with Crippen molar-refractivity contribution >= 4 is 23.2 Å². The molecule has 1 unspecified atom stereocenters. The Kier molecular flexibility index (Phi) is 7.52. The highest BCUT2D eigenvalue weighted by Crippen LogP contribution is 2.22. The van der Waals surface area contributed by atoms with E-state index in [1.165, 1.54) is 11.8 Å². The predicted molar refractivity (Wildman–Crippen MR) is 133 cm³/mol. The van der Waals surface area contributed by atoms with Gasteiger partial charge in [-0.2, -0.15) is 0 Å². The van der Waals surface area contributed by atoms with E-state index < -0.39 is 0 Å². The fraction of sp³-hybridized carbons (Fsp3) is 0.333. The van der Waals surface area contributed by atoms with E-state index in [4.69, 9.17) is 9.15 Å². The van der Waals surface area contributed by atoms with Gasteiger partial charge in [-0.25, -0.2) is 0 Å². The van der Waals surface area contributed by atoms with Crippen LogP contribution in [0.1, 0.15) is 42.3 Å². The first-order valence-electron chi connectivity index (χ1n) is 11.7. The van der Waals surface area contributed by atoms with E-state index in [9.17, 15) is 9.59 Å². The monoisotopic (exact) mass is 461 g/mol. The summed E-state index contributed by atoms with van der Waals surface area (Å²) >= 11 is 0. The Hall–Kier alpha value is -3.74. The van der Waals surface area contributed by atoms with Crippen molar-refractivity contribution in [2.24, 2.45) is 0 Å². The summed E-state index contributed by atoms with van der Waals surface area (Å²) in [6.07, 6.45) is 2.60. The fourth-order valence-corrected chi connectivity index (χ4v) is 3.95. The SMILES string of the molecule is CCC(C)c1ccc(OCC(=O)Nc2ccc(N3CCN(C(=O)c4ccco4)CC3)cc2)cc1. The number of hydrogen-bond acceptors (Lipinski definition) is 5. The number of benzene rings is 2. The number of amides is 2. The minimum atomic E-state index is -0.205. The first-order chi connectivity index (χ1) is 16.5. The van der Waals surface area contributed by atoms with Crippen molar-refractivity contribution in [1.82, 2.24) is 4.90 Å². The van der Waals surface area contributed by atoms with Gasteiger partial charge in [0.15, 0.2) is 12.4 Å². The average Bonchev–Trinajstić information content (AvgIpc) is 3.43. The van der Waals surface area contributed by atoms with Crippen LogP contribution in [-0.4, -0.2) is 49.5 Å². The Morgan fingerprint density at radius 1 is 1.00 bits per heavy atom. The smallest absolute Gasteiger partial charge is 0.289 e. The van der Waals surface area contributed by atoms with Gasteiger partial charge >= 0.3 is 0 Å². The number of furan rings is 1. The maximum atomic E-state index is 12.4. The molecule has 4 rings (SSSR count). The van der Waals surface area contributed by atoms with E-state index in [2.05, 4.69) is 24.1 Å². The number of carbonyl (C=O) groups excluding carboxylic acids is 2. The molecule has 0 saturated carbocycles. The molecule has 1 saturated heterocycles. The molecular formula is C27H31N3O4. The number of rotatable bonds is 8. The molecule has 7 nitrogen and oxygen atoms in total. The summed E-state index contributed by atoms with van der Waals surface area (Å²) in [5.74, 6) is 1.29. The molecule has 0 bridgehead atoms. The third kappa shape index (κ3) is 5.78. The number of carbonyl (C=O) groups is 2. The Balaban J connectivity index is 1.23. The van der Waals surface area contributed by atoms with Crippen LogP contribution in [0.3, 0.4) is 0 Å². The second kappa shape index (κ2) is 10.9. The predicted octanol–water partition coefficient (Wildman–Crippen LogP) is 4.77. The molecule has 0 spiro atoms. The van der Waals surface area contributed by atoms with Crippen LogP contribution in [0.5, 0.6) is 5.75 Å². The van der Waals surface area contributed by atoms with Crippen LogP contribution in [0.4, 0.5) is 11.4 Å². The molecule has 1 aliphatic rings. The summed E-state index contributed by atoms with van der Waals surface area (Å²) in [4.78, 5) is 28.7. The summed E-state index contributed by atoms with van der Waals surface area (Å²) in [7, 11) is 0. The van der Waals surface area contributed by atoms with Gasteiger partial charge in [0.05, 0.1) is 6.26 Å². The van der Waals surface area contributed by atoms with E-state index in [0.717, 1.165) is 30.9 Å². The van der Waals surface area contributed by atoms with Crippen LogP contribution in [0, 0.1) is 0 Å². The van der Waals surface area contributed by atoms with Crippen molar-refractivity contribution in [1.29, 1.82) is 0 Å². The van der Waals surface area contributed by atoms with Crippen molar-refractivity contribution in [3.05, 3.63) is 78.3 Å². The van der Waals surface area contributed by atoms with Gasteiger partial charge in [0.2, 0.25) is 0 Å². The van der Waals surface area contributed by atoms with Crippen LogP contribution in [0.15, 0.2) is 71.3 Å². The number of hydrogen-bond donors (Lipinski definition) is 1. The lowest BCUT2D eigenvalue weighted by atomic mass is 9.99. The molecule has 2 heterocycles. The Bertz CT molecular complexity index is 1070. The van der Waals surface area contributed by atoms with Gasteiger partial charge in [-0.15, -0.1) is 0 Å². The zero-order valence-electron chi connectivity index (χ0n) is 19.7. The highest BCUT2D eigenvalue weighted by molar-refractivity contribution is 5.92. The second-order valence-corrected chi connectivity index (χ2v) is 8.52. The number of piperazine rings is 1. The van der Waals surface area contributed by atoms with Crippen molar-refractivity contribution in [2.75, 3.05) is 43.0 Å². The highest BCUT2D eigenvalue weighted by Gasteiger charge is 2.23. The lowest BCUT2D eigenvalue weighted by Gasteiger charge is -2.35. The maximum absolute atomic E-state index is 12.4. The topological polar surface area (TPSA) is 75.0 Å². The van der Waals surface area contributed by atoms with Gasteiger partial charge in [-0.3, -0.25) is 9.59 Å². The van der Waals surface area contributed by atoms with Crippen molar-refractivity contribution in [3.63, 3.8) is 0 Å². The summed E-state index contributed by atoms with van der Waals surface area (Å²) in [6.45, 7) is 7.05. The first kappa shape index (κ1) is 23.4. The molecule has 1 atom stereocenters. The summed E-state index contributed by atoms with van der Waals surface area (Å²) in [6, 6.07) is 19.1. The summed E-state index contributed by atoms with van der Waals surface area (Å²) in [5.41, 5.74) is 3.04. The number of nitrogens with one attached hydrogen (secondary N) is 1. The van der Waals surface area contributed by atoms with Gasteiger partial charge in [0.1, 0.15) is 5.75 Å². The minimum absolute atomic E-state index is 0.0455. The van der Waals surface area contributed by atoms with Crippen molar-refractivity contribution in [3.8, 4) is 5.75 Å². The fourth-order valence-electron chi connectivity index (χ4n) is 3.95. The lowest BCUT2D eigenvalue weighted by Crippen LogP contribution is -2.48. The Morgan fingerprint density at radius 2 is 1.71 bits per heavy atom. The highest BCUT2D eigenvalue weighted by atomic mass is 16.5. The van der Waals surface area contributed by atoms with Crippen molar-refractivity contribution < 1.29 is 18.7 Å². The van der Waals surface area contributed by atoms with Gasteiger partial charge in [-0.05, 0) is 66.4 Å². The zero-order valence-corrected chi connectivity index (χ0v) is 19.7. The maximum Gasteiger partial charge on any atom is 0.289 e. The molecule has 3 aromatic rings. The molecule has 34 heavy (non-hydrogen) atoms. The normalized spacial score (nSPS) is 14.5. The molecule has 2 aromatic carbocycles. The van der Waals surface area contributed by atoms with Crippen LogP contribution < -0.4 is 15.0 Å². The lowest BCUT2D eigenvalue weighted by molar-refractivity contribution is -0.118. The van der Waals surface area contributed by atoms with E-state index in [0.29, 0.717) is 30.5 Å². The second-order valence-electron chi connectivity index (χ2n) is 8.52. The number of anilines is 2. The van der Waals surface area contributed by atoms with Crippen LogP contribution in [0.25, 0.3) is 0 Å². The zero-order chi connectivity index (χ0) is 23.9. The largest absolute Gasteiger partial charge is 0.484 e. The van der Waals surface area contributed by atoms with Gasteiger partial charge in [0, 0.05) is 37.6 Å². The molecule has 2 amide bonds. The van der Waals surface area contributed by atoms with Crippen LogP contribution in [-0.2, 0) is 4.79 Å². The molecule has 1 aliphatic heterocycles. The van der Waals surface area contributed by atoms with Gasteiger partial charge in [-0.1, -0.05) is 26.0 Å². The van der Waals surface area contributed by atoms with Gasteiger partial charge in [0.25, 0.3) is 11.8 Å². The molecule has 0 radical (unpaired) electrons. The number of ether oxygens (including phenoxy) is 1. The molecular weight excluding hydrogens is 430 g/mol. The summed E-state index contributed by atoms with van der Waals surface area (Å²) < 4.78 is 10.8. The first-order valence-corrected chi connectivity index (χ1v) is 11.7. The molecule has 7 heteroatoms. The van der Waals surface area contributed by atoms with E-state index in [1.54, 1.807) is 12.1 Å². The molecule has 1 aromatic heterocycles. The average molecular weight is 462 g/mol. The van der Waals surface area contributed by atoms with Gasteiger partial charge < -0.3 is 24.3 Å². The van der Waals surface area contributed by atoms with Crippen LogP contribution >= 0.6 is 0 Å². The quantitative estimate of drug-likeness (QED) is 0.523. The standard InChI is InChI=1S/C27H31N3O4/c1-3-20(2)21-6-12-24(13-7-21)34-19-26(31)28-22-8-10-23(11-9-22)29-14-16-30(17-15-29)27(32)25-5-4-18-33-25/h4-13,18,20H,3,14-17,19H2,1-2H3,(H,28,31). The Morgan fingerprint density at radius 3 is 2.32 bits per heavy atom. The molecule has 178 valence electrons. The molecule has 0 aliphatic carbocycles. The Labute approximate surface area is 200 Å². The van der Waals surface area contributed by atoms with E-state index in [1.807, 2.05) is 53.4 Å². The molecule has 1 fully saturated rings. The van der Waals surface area contributed by atoms with Crippen molar-refractivity contribution in [2.45, 2.75) is 26.2 Å². The van der Waals surface area contributed by atoms with E-state index in [-0.39, 0.29) is 18.4 Å². The van der Waals surface area contributed by atoms with E-state index >= 15 is 0 Å². The third-order valence-electron chi connectivity index (χ3n) is 6.25. The minimum Gasteiger partial charge on any atom is -0.484 e. The number of nitrogens with zero attached hydrogens (tertiary/aromatic N) is 2. The molecule has 1 N–H and O–H groups in total. The van der Waals surface area contributed by atoms with Crippen LogP contribution in [0.2, 0.25) is 0 Å².